The van der Waals surface area contributed by atoms with Gasteiger partial charge < -0.3 is 20.7 Å². The Morgan fingerprint density at radius 2 is 2.11 bits per heavy atom. The Morgan fingerprint density at radius 3 is 2.68 bits per heavy atom. The summed E-state index contributed by atoms with van der Waals surface area (Å²) in [7, 11) is 1.66. The summed E-state index contributed by atoms with van der Waals surface area (Å²) in [6.07, 6.45) is 2.55. The zero-order chi connectivity index (χ0) is 13.7. The van der Waals surface area contributed by atoms with Crippen LogP contribution in [-0.4, -0.2) is 38.2 Å². The maximum Gasteiger partial charge on any atom is 0.121 e. The second kappa shape index (κ2) is 6.66. The first-order valence-electron chi connectivity index (χ1n) is 7.12. The van der Waals surface area contributed by atoms with Crippen molar-refractivity contribution in [3.8, 4) is 5.75 Å². The number of ether oxygens (including phenoxy) is 1. The molecule has 1 aromatic rings. The number of nitrogens with zero attached hydrogens (tertiary/aromatic N) is 1. The zero-order valence-corrected chi connectivity index (χ0v) is 12.0. The van der Waals surface area contributed by atoms with Crippen LogP contribution < -0.4 is 15.8 Å². The molecule has 0 aromatic heterocycles. The number of hydrogen-bond donors (Lipinski definition) is 2. The van der Waals surface area contributed by atoms with Gasteiger partial charge in [0.25, 0.3) is 0 Å². The summed E-state index contributed by atoms with van der Waals surface area (Å²) >= 11 is 0. The molecule has 106 valence electrons. The quantitative estimate of drug-likeness (QED) is 0.801. The SMILES string of the molecule is CCN1CCC(CNc2ccc(OC)cc2N)CC1. The van der Waals surface area contributed by atoms with Crippen molar-refractivity contribution < 1.29 is 4.74 Å². The van der Waals surface area contributed by atoms with Crippen LogP contribution in [0.2, 0.25) is 0 Å². The first-order chi connectivity index (χ1) is 9.22. The highest BCUT2D eigenvalue weighted by Crippen LogP contribution is 2.25. The normalized spacial score (nSPS) is 17.4. The predicted molar refractivity (Wildman–Crippen MR) is 80.7 cm³/mol. The molecule has 4 nitrogen and oxygen atoms in total. The second-order valence-corrected chi connectivity index (χ2v) is 5.21. The van der Waals surface area contributed by atoms with Gasteiger partial charge in [0.2, 0.25) is 0 Å². The Morgan fingerprint density at radius 1 is 1.37 bits per heavy atom. The Labute approximate surface area is 115 Å². The Hall–Kier alpha value is -1.42. The summed E-state index contributed by atoms with van der Waals surface area (Å²) < 4.78 is 5.16. The molecule has 0 bridgehead atoms. The fraction of sp³-hybridized carbons (Fsp3) is 0.600. The van der Waals surface area contributed by atoms with E-state index in [1.54, 1.807) is 7.11 Å². The van der Waals surface area contributed by atoms with Gasteiger partial charge in [-0.1, -0.05) is 6.92 Å². The first-order valence-corrected chi connectivity index (χ1v) is 7.12. The second-order valence-electron chi connectivity index (χ2n) is 5.21. The molecule has 0 aliphatic carbocycles. The van der Waals surface area contributed by atoms with E-state index in [4.69, 9.17) is 10.5 Å². The van der Waals surface area contributed by atoms with Crippen LogP contribution in [0.3, 0.4) is 0 Å². The summed E-state index contributed by atoms with van der Waals surface area (Å²) in [5.74, 6) is 1.56. The van der Waals surface area contributed by atoms with Crippen LogP contribution >= 0.6 is 0 Å². The van der Waals surface area contributed by atoms with E-state index in [2.05, 4.69) is 17.1 Å². The van der Waals surface area contributed by atoms with Gasteiger partial charge in [-0.3, -0.25) is 0 Å². The topological polar surface area (TPSA) is 50.5 Å². The van der Waals surface area contributed by atoms with Crippen LogP contribution in [0.1, 0.15) is 19.8 Å². The summed E-state index contributed by atoms with van der Waals surface area (Å²) in [5, 5.41) is 3.47. The minimum atomic E-state index is 0.754. The molecule has 1 saturated heterocycles. The van der Waals surface area contributed by atoms with Crippen molar-refractivity contribution in [3.63, 3.8) is 0 Å². The van der Waals surface area contributed by atoms with Crippen LogP contribution in [0.5, 0.6) is 5.75 Å². The molecule has 1 aliphatic rings. The maximum atomic E-state index is 6.01. The maximum absolute atomic E-state index is 6.01. The summed E-state index contributed by atoms with van der Waals surface area (Å²) in [5.41, 5.74) is 7.77. The molecule has 1 heterocycles. The van der Waals surface area contributed by atoms with Crippen molar-refractivity contribution in [3.05, 3.63) is 18.2 Å². The lowest BCUT2D eigenvalue weighted by Gasteiger charge is -2.31. The van der Waals surface area contributed by atoms with Crippen molar-refractivity contribution in [2.45, 2.75) is 19.8 Å². The highest BCUT2D eigenvalue weighted by Gasteiger charge is 2.17. The van der Waals surface area contributed by atoms with E-state index in [0.29, 0.717) is 0 Å². The lowest BCUT2D eigenvalue weighted by molar-refractivity contribution is 0.198. The Balaban J connectivity index is 1.82. The molecule has 0 spiro atoms. The highest BCUT2D eigenvalue weighted by atomic mass is 16.5. The predicted octanol–water partition coefficient (Wildman–Crippen LogP) is 2.42. The fourth-order valence-electron chi connectivity index (χ4n) is 2.59. The van der Waals surface area contributed by atoms with Crippen LogP contribution in [0.4, 0.5) is 11.4 Å². The smallest absolute Gasteiger partial charge is 0.121 e. The summed E-state index contributed by atoms with van der Waals surface area (Å²) in [6.45, 7) is 6.86. The van der Waals surface area contributed by atoms with Crippen LogP contribution in [0.15, 0.2) is 18.2 Å². The number of methoxy groups -OCH3 is 1. The van der Waals surface area contributed by atoms with Gasteiger partial charge in [0.15, 0.2) is 0 Å². The van der Waals surface area contributed by atoms with Gasteiger partial charge in [-0.15, -0.1) is 0 Å². The molecule has 2 rings (SSSR count). The van der Waals surface area contributed by atoms with Gasteiger partial charge in [-0.05, 0) is 50.5 Å². The monoisotopic (exact) mass is 263 g/mol. The van der Waals surface area contributed by atoms with E-state index in [0.717, 1.165) is 29.6 Å². The van der Waals surface area contributed by atoms with Gasteiger partial charge in [0, 0.05) is 12.6 Å². The van der Waals surface area contributed by atoms with Crippen molar-refractivity contribution in [2.75, 3.05) is 44.3 Å². The molecule has 3 N–H and O–H groups in total. The Bertz CT molecular complexity index is 400. The largest absolute Gasteiger partial charge is 0.497 e. The number of nitrogen functional groups attached to an aromatic ring is 1. The number of hydrogen-bond acceptors (Lipinski definition) is 4. The molecule has 0 saturated carbocycles. The van der Waals surface area contributed by atoms with Crippen molar-refractivity contribution >= 4 is 11.4 Å². The van der Waals surface area contributed by atoms with E-state index in [1.165, 1.54) is 32.5 Å². The molecule has 0 radical (unpaired) electrons. The number of benzene rings is 1. The lowest BCUT2D eigenvalue weighted by Crippen LogP contribution is -2.35. The minimum absolute atomic E-state index is 0.754. The Kier molecular flexibility index (Phi) is 4.91. The number of nitrogens with two attached hydrogens (primary N) is 1. The molecule has 1 fully saturated rings. The fourth-order valence-corrected chi connectivity index (χ4v) is 2.59. The molecule has 19 heavy (non-hydrogen) atoms. The van der Waals surface area contributed by atoms with Gasteiger partial charge in [0.1, 0.15) is 5.75 Å². The number of rotatable bonds is 5. The third kappa shape index (κ3) is 3.77. The zero-order valence-electron chi connectivity index (χ0n) is 12.0. The van der Waals surface area contributed by atoms with E-state index in [-0.39, 0.29) is 0 Å². The van der Waals surface area contributed by atoms with E-state index < -0.39 is 0 Å². The van der Waals surface area contributed by atoms with Crippen molar-refractivity contribution in [1.29, 1.82) is 0 Å². The molecule has 0 unspecified atom stereocenters. The minimum Gasteiger partial charge on any atom is -0.497 e. The number of anilines is 2. The van der Waals surface area contributed by atoms with E-state index in [1.807, 2.05) is 18.2 Å². The number of piperidine rings is 1. The molecular weight excluding hydrogens is 238 g/mol. The van der Waals surface area contributed by atoms with Gasteiger partial charge in [-0.25, -0.2) is 0 Å². The molecule has 0 atom stereocenters. The molecule has 1 aliphatic heterocycles. The van der Waals surface area contributed by atoms with Gasteiger partial charge in [0.05, 0.1) is 18.5 Å². The first kappa shape index (κ1) is 14.0. The lowest BCUT2D eigenvalue weighted by atomic mass is 9.96. The summed E-state index contributed by atoms with van der Waals surface area (Å²) in [6, 6.07) is 5.80. The molecule has 4 heteroatoms. The van der Waals surface area contributed by atoms with Crippen LogP contribution in [0, 0.1) is 5.92 Å². The van der Waals surface area contributed by atoms with Gasteiger partial charge >= 0.3 is 0 Å². The third-order valence-corrected chi connectivity index (χ3v) is 3.99. The molecule has 0 amide bonds. The van der Waals surface area contributed by atoms with Crippen molar-refractivity contribution in [2.24, 2.45) is 5.92 Å². The highest BCUT2D eigenvalue weighted by molar-refractivity contribution is 5.68. The number of nitrogens with one attached hydrogen (secondary N) is 1. The average Bonchev–Trinajstić information content (AvgIpc) is 2.46. The molecule has 1 aromatic carbocycles. The molecular formula is C15H25N3O. The van der Waals surface area contributed by atoms with Crippen molar-refractivity contribution in [1.82, 2.24) is 4.90 Å². The summed E-state index contributed by atoms with van der Waals surface area (Å²) in [4.78, 5) is 2.51. The van der Waals surface area contributed by atoms with Crippen LogP contribution in [0.25, 0.3) is 0 Å². The average molecular weight is 263 g/mol. The van der Waals surface area contributed by atoms with Gasteiger partial charge in [-0.2, -0.15) is 0 Å². The third-order valence-electron chi connectivity index (χ3n) is 3.99. The van der Waals surface area contributed by atoms with E-state index in [9.17, 15) is 0 Å². The standard InChI is InChI=1S/C15H25N3O/c1-3-18-8-6-12(7-9-18)11-17-15-5-4-13(19-2)10-14(15)16/h4-5,10,12,17H,3,6-9,11,16H2,1-2H3. The van der Waals surface area contributed by atoms with E-state index >= 15 is 0 Å². The van der Waals surface area contributed by atoms with Crippen LogP contribution in [-0.2, 0) is 0 Å². The number of likely N-dealkylation sites (tertiary alicyclic amines) is 1.